The second-order valence-corrected chi connectivity index (χ2v) is 14.3. The number of benzene rings is 1. The molecule has 3 aliphatic rings. The lowest BCUT2D eigenvalue weighted by Crippen LogP contribution is -2.39. The van der Waals surface area contributed by atoms with Crippen LogP contribution in [0.2, 0.25) is 0 Å². The number of allylic oxidation sites excluding steroid dienone is 3. The number of aliphatic hydroxyl groups excluding tert-OH is 1. The van der Waals surface area contributed by atoms with Gasteiger partial charge in [0, 0.05) is 64.5 Å². The Morgan fingerprint density at radius 3 is 2.64 bits per heavy atom. The first-order valence-electron chi connectivity index (χ1n) is 17.5. The summed E-state index contributed by atoms with van der Waals surface area (Å²) in [5, 5.41) is 9.52. The summed E-state index contributed by atoms with van der Waals surface area (Å²) in [6, 6.07) is 7.52. The van der Waals surface area contributed by atoms with E-state index in [9.17, 15) is 5.11 Å². The van der Waals surface area contributed by atoms with Crippen LogP contribution in [0.1, 0.15) is 103 Å². The molecule has 1 aromatic rings. The molecule has 246 valence electrons. The first-order chi connectivity index (χ1) is 21.1. The minimum atomic E-state index is -0.415. The van der Waals surface area contributed by atoms with Gasteiger partial charge in [-0.05, 0) is 114 Å². The number of unbranched alkanes of at least 4 members (excludes halogenated alkanes) is 1. The lowest BCUT2D eigenvalue weighted by molar-refractivity contribution is -0.00633. The van der Waals surface area contributed by atoms with Crippen LogP contribution in [0.15, 0.2) is 53.9 Å². The van der Waals surface area contributed by atoms with E-state index in [1.807, 2.05) is 18.2 Å². The van der Waals surface area contributed by atoms with E-state index >= 15 is 0 Å². The summed E-state index contributed by atoms with van der Waals surface area (Å²) in [7, 11) is 2.16. The van der Waals surface area contributed by atoms with Crippen LogP contribution in [-0.2, 0) is 11.2 Å². The lowest BCUT2D eigenvalue weighted by Gasteiger charge is -2.37. The van der Waals surface area contributed by atoms with Crippen LogP contribution < -0.4 is 4.74 Å². The molecule has 0 bridgehead atoms. The number of ether oxygens (including phenoxy) is 2. The van der Waals surface area contributed by atoms with E-state index in [4.69, 9.17) is 9.47 Å². The van der Waals surface area contributed by atoms with E-state index in [0.29, 0.717) is 12.0 Å². The second-order valence-electron chi connectivity index (χ2n) is 14.3. The Morgan fingerprint density at radius 2 is 1.93 bits per heavy atom. The van der Waals surface area contributed by atoms with Crippen molar-refractivity contribution >= 4 is 0 Å². The number of aliphatic hydroxyl groups is 1. The van der Waals surface area contributed by atoms with Gasteiger partial charge in [0.1, 0.15) is 5.75 Å². The van der Waals surface area contributed by atoms with E-state index < -0.39 is 6.10 Å². The quantitative estimate of drug-likeness (QED) is 0.148. The normalized spacial score (nSPS) is 21.1. The van der Waals surface area contributed by atoms with Crippen molar-refractivity contribution in [1.82, 2.24) is 14.7 Å². The number of hydrogen-bond donors (Lipinski definition) is 1. The highest BCUT2D eigenvalue weighted by Crippen LogP contribution is 2.38. The third-order valence-electron chi connectivity index (χ3n) is 9.36. The molecule has 0 aromatic heterocycles. The summed E-state index contributed by atoms with van der Waals surface area (Å²) in [6.45, 7) is 17.6. The van der Waals surface area contributed by atoms with Crippen LogP contribution in [0.3, 0.4) is 0 Å². The average Bonchev–Trinajstić information content (AvgIpc) is 3.58. The van der Waals surface area contributed by atoms with Crippen molar-refractivity contribution in [2.45, 2.75) is 116 Å². The first-order valence-corrected chi connectivity index (χ1v) is 17.5. The third-order valence-corrected chi connectivity index (χ3v) is 9.36. The number of nitrogens with zero attached hydrogens (tertiary/aromatic N) is 3. The zero-order chi connectivity index (χ0) is 31.5. The zero-order valence-electron chi connectivity index (χ0n) is 28.7. The largest absolute Gasteiger partial charge is 0.493 e. The predicted octanol–water partition coefficient (Wildman–Crippen LogP) is 7.30. The lowest BCUT2D eigenvalue weighted by atomic mass is 9.89. The SMILES string of the molecule is CCCCN(CCCOC(C)(C)C)C(CN1CC(c2ccc3c(c2)CCO3)CC1CCN(C)/C=C\C=C/C(C)O)=C1CCC1. The van der Waals surface area contributed by atoms with E-state index in [2.05, 4.69) is 73.8 Å². The summed E-state index contributed by atoms with van der Waals surface area (Å²) in [5.74, 6) is 1.63. The number of likely N-dealkylation sites (tertiary alicyclic amines) is 1. The maximum Gasteiger partial charge on any atom is 0.122 e. The van der Waals surface area contributed by atoms with Gasteiger partial charge in [-0.3, -0.25) is 4.90 Å². The maximum absolute atomic E-state index is 9.52. The van der Waals surface area contributed by atoms with Crippen molar-refractivity contribution in [2.24, 2.45) is 0 Å². The molecule has 6 nitrogen and oxygen atoms in total. The van der Waals surface area contributed by atoms with Gasteiger partial charge in [-0.2, -0.15) is 0 Å². The molecular formula is C38H61N3O3. The Bertz CT molecular complexity index is 1110. The molecule has 1 saturated carbocycles. The Balaban J connectivity index is 1.49. The molecule has 4 rings (SSSR count). The molecule has 0 amide bonds. The van der Waals surface area contributed by atoms with Crippen LogP contribution in [0.5, 0.6) is 5.75 Å². The van der Waals surface area contributed by atoms with Gasteiger partial charge in [-0.1, -0.05) is 37.6 Å². The van der Waals surface area contributed by atoms with Gasteiger partial charge in [0.2, 0.25) is 0 Å². The van der Waals surface area contributed by atoms with Crippen LogP contribution in [0.4, 0.5) is 0 Å². The number of hydrogen-bond acceptors (Lipinski definition) is 6. The summed E-state index contributed by atoms with van der Waals surface area (Å²) in [6.07, 6.45) is 18.3. The van der Waals surface area contributed by atoms with Crippen LogP contribution in [-0.4, -0.2) is 90.5 Å². The third kappa shape index (κ3) is 10.7. The van der Waals surface area contributed by atoms with Gasteiger partial charge in [0.05, 0.1) is 18.3 Å². The van der Waals surface area contributed by atoms with Gasteiger partial charge < -0.3 is 24.4 Å². The van der Waals surface area contributed by atoms with Crippen molar-refractivity contribution in [3.8, 4) is 5.75 Å². The van der Waals surface area contributed by atoms with Crippen molar-refractivity contribution < 1.29 is 14.6 Å². The molecule has 3 unspecified atom stereocenters. The molecule has 2 fully saturated rings. The second kappa shape index (κ2) is 16.9. The van der Waals surface area contributed by atoms with Crippen LogP contribution in [0, 0.1) is 0 Å². The summed E-state index contributed by atoms with van der Waals surface area (Å²) >= 11 is 0. The van der Waals surface area contributed by atoms with Gasteiger partial charge >= 0.3 is 0 Å². The molecule has 1 aromatic carbocycles. The molecular weight excluding hydrogens is 546 g/mol. The fourth-order valence-electron chi connectivity index (χ4n) is 6.66. The Labute approximate surface area is 268 Å². The fourth-order valence-corrected chi connectivity index (χ4v) is 6.66. The molecule has 2 aliphatic heterocycles. The summed E-state index contributed by atoms with van der Waals surface area (Å²) in [4.78, 5) is 7.85. The molecule has 0 radical (unpaired) electrons. The number of fused-ring (bicyclic) bond motifs is 1. The zero-order valence-corrected chi connectivity index (χ0v) is 28.7. The molecule has 1 saturated heterocycles. The van der Waals surface area contributed by atoms with Gasteiger partial charge in [0.25, 0.3) is 0 Å². The van der Waals surface area contributed by atoms with Crippen LogP contribution in [0.25, 0.3) is 0 Å². The molecule has 0 spiro atoms. The van der Waals surface area contributed by atoms with Crippen molar-refractivity contribution in [2.75, 3.05) is 53.0 Å². The molecule has 3 atom stereocenters. The summed E-state index contributed by atoms with van der Waals surface area (Å²) in [5.41, 5.74) is 6.09. The molecule has 2 heterocycles. The monoisotopic (exact) mass is 607 g/mol. The smallest absolute Gasteiger partial charge is 0.122 e. The van der Waals surface area contributed by atoms with Gasteiger partial charge in [-0.25, -0.2) is 0 Å². The Hall–Kier alpha value is -2.28. The minimum absolute atomic E-state index is 0.0825. The predicted molar refractivity (Wildman–Crippen MR) is 183 cm³/mol. The van der Waals surface area contributed by atoms with Crippen LogP contribution >= 0.6 is 0 Å². The highest BCUT2D eigenvalue weighted by Gasteiger charge is 2.35. The van der Waals surface area contributed by atoms with Crippen molar-refractivity contribution in [1.29, 1.82) is 0 Å². The van der Waals surface area contributed by atoms with E-state index in [1.54, 1.807) is 18.2 Å². The maximum atomic E-state index is 9.52. The number of rotatable bonds is 17. The van der Waals surface area contributed by atoms with E-state index in [1.165, 1.54) is 49.7 Å². The molecule has 1 aliphatic carbocycles. The van der Waals surface area contributed by atoms with E-state index in [-0.39, 0.29) is 5.60 Å². The minimum Gasteiger partial charge on any atom is -0.493 e. The standard InChI is InChI=1S/C38H61N3O3/c1-7-8-21-40(22-12-24-44-38(3,4)5)36(31-14-11-15-31)29-41-28-34(32-16-17-37-33(26-32)19-25-43-37)27-35(41)18-23-39(6)20-10-9-13-30(2)42/h9-10,13,16-17,20,26,30,34-35,42H,7-8,11-12,14-15,18-19,21-25,27-29H2,1-6H3/b13-9-,20-10-. The summed E-state index contributed by atoms with van der Waals surface area (Å²) < 4.78 is 12.0. The van der Waals surface area contributed by atoms with Gasteiger partial charge in [0.15, 0.2) is 0 Å². The van der Waals surface area contributed by atoms with Gasteiger partial charge in [-0.15, -0.1) is 0 Å². The fraction of sp³-hybridized carbons (Fsp3) is 0.684. The first kappa shape index (κ1) is 34.6. The van der Waals surface area contributed by atoms with Crippen molar-refractivity contribution in [3.05, 3.63) is 65.0 Å². The molecule has 6 heteroatoms. The van der Waals surface area contributed by atoms with Crippen molar-refractivity contribution in [3.63, 3.8) is 0 Å². The highest BCUT2D eigenvalue weighted by molar-refractivity contribution is 5.41. The average molecular weight is 608 g/mol. The highest BCUT2D eigenvalue weighted by atomic mass is 16.5. The molecule has 44 heavy (non-hydrogen) atoms. The Morgan fingerprint density at radius 1 is 1.14 bits per heavy atom. The van der Waals surface area contributed by atoms with E-state index in [0.717, 1.165) is 70.9 Å². The topological polar surface area (TPSA) is 48.4 Å². The molecule has 1 N–H and O–H groups in total. The Kier molecular flexibility index (Phi) is 13.3.